The molecule has 0 aliphatic heterocycles. The third-order valence-electron chi connectivity index (χ3n) is 5.22. The minimum Gasteiger partial charge on any atom is -0.493 e. The number of hydrogen-bond donors (Lipinski definition) is 1. The molecule has 0 aromatic heterocycles. The van der Waals surface area contributed by atoms with E-state index >= 15 is 0 Å². The van der Waals surface area contributed by atoms with E-state index < -0.39 is 0 Å². The average molecular weight is 348 g/mol. The van der Waals surface area contributed by atoms with Crippen LogP contribution in [0.3, 0.4) is 0 Å². The van der Waals surface area contributed by atoms with Crippen LogP contribution in [-0.4, -0.2) is 20.3 Å². The summed E-state index contributed by atoms with van der Waals surface area (Å²) in [5.74, 6) is 2.59. The van der Waals surface area contributed by atoms with Gasteiger partial charge in [-0.1, -0.05) is 57.9 Å². The number of nitrogens with one attached hydrogen (secondary N) is 1. The van der Waals surface area contributed by atoms with Crippen LogP contribution in [0.25, 0.3) is 0 Å². The Kier molecular flexibility index (Phi) is 9.79. The summed E-state index contributed by atoms with van der Waals surface area (Å²) < 4.78 is 11.4. The van der Waals surface area contributed by atoms with E-state index in [0.29, 0.717) is 0 Å². The summed E-state index contributed by atoms with van der Waals surface area (Å²) in [5, 5.41) is 3.62. The summed E-state index contributed by atoms with van der Waals surface area (Å²) >= 11 is 0. The molecule has 0 amide bonds. The molecule has 1 saturated carbocycles. The van der Waals surface area contributed by atoms with Crippen molar-refractivity contribution in [1.82, 2.24) is 5.32 Å². The molecule has 1 aromatic rings. The second kappa shape index (κ2) is 12.2. The van der Waals surface area contributed by atoms with Gasteiger partial charge in [0.25, 0.3) is 0 Å². The first kappa shape index (κ1) is 20.1. The van der Waals surface area contributed by atoms with Gasteiger partial charge < -0.3 is 14.8 Å². The number of ether oxygens (including phenoxy) is 2. The molecular formula is C22H37NO2. The van der Waals surface area contributed by atoms with Crippen LogP contribution in [0, 0.1) is 5.92 Å². The van der Waals surface area contributed by atoms with Crippen molar-refractivity contribution in [2.75, 3.05) is 20.3 Å². The maximum absolute atomic E-state index is 5.92. The molecule has 25 heavy (non-hydrogen) atoms. The fraction of sp³-hybridized carbons (Fsp3) is 0.727. The van der Waals surface area contributed by atoms with Crippen LogP contribution in [0.5, 0.6) is 11.5 Å². The lowest BCUT2D eigenvalue weighted by Gasteiger charge is -2.22. The number of rotatable bonds is 12. The van der Waals surface area contributed by atoms with Gasteiger partial charge in [0.05, 0.1) is 13.7 Å². The third kappa shape index (κ3) is 7.68. The molecule has 3 nitrogen and oxygen atoms in total. The van der Waals surface area contributed by atoms with Gasteiger partial charge in [0, 0.05) is 6.54 Å². The highest BCUT2D eigenvalue weighted by atomic mass is 16.5. The van der Waals surface area contributed by atoms with Gasteiger partial charge >= 0.3 is 0 Å². The van der Waals surface area contributed by atoms with Crippen molar-refractivity contribution >= 4 is 0 Å². The van der Waals surface area contributed by atoms with Gasteiger partial charge in [0.15, 0.2) is 11.5 Å². The van der Waals surface area contributed by atoms with Crippen LogP contribution in [0.15, 0.2) is 18.2 Å². The molecule has 142 valence electrons. The highest BCUT2D eigenvalue weighted by molar-refractivity contribution is 5.42. The summed E-state index contributed by atoms with van der Waals surface area (Å²) in [6, 6.07) is 6.32. The monoisotopic (exact) mass is 347 g/mol. The minimum atomic E-state index is 0.777. The van der Waals surface area contributed by atoms with Crippen molar-refractivity contribution in [2.24, 2.45) is 5.92 Å². The van der Waals surface area contributed by atoms with E-state index in [-0.39, 0.29) is 0 Å². The Labute approximate surface area is 154 Å². The van der Waals surface area contributed by atoms with E-state index in [1.54, 1.807) is 7.11 Å². The number of unbranched alkanes of at least 4 members (excludes halogenated alkanes) is 4. The average Bonchev–Trinajstić information content (AvgIpc) is 2.66. The molecule has 2 rings (SSSR count). The number of methoxy groups -OCH3 is 1. The molecule has 0 atom stereocenters. The topological polar surface area (TPSA) is 30.5 Å². The molecular weight excluding hydrogens is 310 g/mol. The van der Waals surface area contributed by atoms with Crippen LogP contribution in [0.2, 0.25) is 0 Å². The smallest absolute Gasteiger partial charge is 0.161 e. The Morgan fingerprint density at radius 2 is 1.80 bits per heavy atom. The summed E-state index contributed by atoms with van der Waals surface area (Å²) in [6.07, 6.45) is 13.3. The van der Waals surface area contributed by atoms with Gasteiger partial charge in [-0.05, 0) is 49.4 Å². The van der Waals surface area contributed by atoms with Crippen LogP contribution < -0.4 is 14.8 Å². The predicted octanol–water partition coefficient (Wildman–Crippen LogP) is 5.71. The molecule has 0 radical (unpaired) electrons. The third-order valence-corrected chi connectivity index (χ3v) is 5.22. The predicted molar refractivity (Wildman–Crippen MR) is 106 cm³/mol. The fourth-order valence-corrected chi connectivity index (χ4v) is 3.64. The Bertz CT molecular complexity index is 469. The van der Waals surface area contributed by atoms with Gasteiger partial charge in [0.1, 0.15) is 0 Å². The minimum absolute atomic E-state index is 0.777. The highest BCUT2D eigenvalue weighted by Gasteiger charge is 2.13. The van der Waals surface area contributed by atoms with Crippen LogP contribution in [-0.2, 0) is 6.54 Å². The van der Waals surface area contributed by atoms with E-state index in [1.807, 2.05) is 0 Å². The molecule has 1 aromatic carbocycles. The normalized spacial score (nSPS) is 15.3. The molecule has 3 heteroatoms. The van der Waals surface area contributed by atoms with Crippen LogP contribution >= 0.6 is 0 Å². The Hall–Kier alpha value is -1.22. The molecule has 0 heterocycles. The van der Waals surface area contributed by atoms with Crippen molar-refractivity contribution < 1.29 is 9.47 Å². The van der Waals surface area contributed by atoms with E-state index in [9.17, 15) is 0 Å². The summed E-state index contributed by atoms with van der Waals surface area (Å²) in [5.41, 5.74) is 1.27. The molecule has 1 N–H and O–H groups in total. The van der Waals surface area contributed by atoms with E-state index in [0.717, 1.165) is 43.5 Å². The first-order valence-electron chi connectivity index (χ1n) is 10.3. The fourth-order valence-electron chi connectivity index (χ4n) is 3.64. The van der Waals surface area contributed by atoms with Crippen molar-refractivity contribution in [3.8, 4) is 11.5 Å². The van der Waals surface area contributed by atoms with E-state index in [4.69, 9.17) is 9.47 Å². The number of hydrogen-bond acceptors (Lipinski definition) is 3. The van der Waals surface area contributed by atoms with Gasteiger partial charge in [-0.15, -0.1) is 0 Å². The quantitative estimate of drug-likeness (QED) is 0.491. The van der Waals surface area contributed by atoms with E-state index in [2.05, 4.69) is 30.4 Å². The van der Waals surface area contributed by atoms with Gasteiger partial charge in [-0.25, -0.2) is 0 Å². The second-order valence-corrected chi connectivity index (χ2v) is 7.38. The van der Waals surface area contributed by atoms with Crippen LogP contribution in [0.4, 0.5) is 0 Å². The molecule has 0 saturated heterocycles. The zero-order valence-corrected chi connectivity index (χ0v) is 16.3. The van der Waals surface area contributed by atoms with Crippen LogP contribution in [0.1, 0.15) is 76.7 Å². The Balaban J connectivity index is 1.71. The molecule has 0 unspecified atom stereocenters. The number of benzene rings is 1. The summed E-state index contributed by atoms with van der Waals surface area (Å²) in [6.45, 7) is 5.06. The standard InChI is InChI=1S/C22H37NO2/c1-3-4-5-6-10-15-25-21-14-13-20(16-22(21)24-2)18-23-17-19-11-8-7-9-12-19/h13-14,16,19,23H,3-12,15,17-18H2,1-2H3. The van der Waals surface area contributed by atoms with Gasteiger partial charge in [0.2, 0.25) is 0 Å². The zero-order valence-electron chi connectivity index (χ0n) is 16.3. The summed E-state index contributed by atoms with van der Waals surface area (Å²) in [7, 11) is 1.72. The van der Waals surface area contributed by atoms with Gasteiger partial charge in [-0.2, -0.15) is 0 Å². The molecule has 0 bridgehead atoms. The first-order chi connectivity index (χ1) is 12.3. The molecule has 1 aliphatic rings. The van der Waals surface area contributed by atoms with Crippen molar-refractivity contribution in [1.29, 1.82) is 0 Å². The molecule has 1 aliphatic carbocycles. The highest BCUT2D eigenvalue weighted by Crippen LogP contribution is 2.28. The van der Waals surface area contributed by atoms with Crippen molar-refractivity contribution in [3.63, 3.8) is 0 Å². The lowest BCUT2D eigenvalue weighted by atomic mass is 9.89. The lowest BCUT2D eigenvalue weighted by molar-refractivity contribution is 0.284. The lowest BCUT2D eigenvalue weighted by Crippen LogP contribution is -2.24. The van der Waals surface area contributed by atoms with E-state index in [1.165, 1.54) is 63.4 Å². The Morgan fingerprint density at radius 3 is 2.56 bits per heavy atom. The SMILES string of the molecule is CCCCCCCOc1ccc(CNCC2CCCCC2)cc1OC. The zero-order chi connectivity index (χ0) is 17.7. The summed E-state index contributed by atoms with van der Waals surface area (Å²) in [4.78, 5) is 0. The second-order valence-electron chi connectivity index (χ2n) is 7.38. The maximum atomic E-state index is 5.92. The maximum Gasteiger partial charge on any atom is 0.161 e. The molecule has 1 fully saturated rings. The Morgan fingerprint density at radius 1 is 1.00 bits per heavy atom. The van der Waals surface area contributed by atoms with Gasteiger partial charge in [-0.3, -0.25) is 0 Å². The molecule has 0 spiro atoms. The largest absolute Gasteiger partial charge is 0.493 e. The van der Waals surface area contributed by atoms with Crippen molar-refractivity contribution in [2.45, 2.75) is 77.7 Å². The van der Waals surface area contributed by atoms with Crippen molar-refractivity contribution in [3.05, 3.63) is 23.8 Å². The first-order valence-corrected chi connectivity index (χ1v) is 10.3.